The Kier molecular flexibility index (Phi) is 5.64. The van der Waals surface area contributed by atoms with E-state index in [-0.39, 0.29) is 12.9 Å². The Balaban J connectivity index is 0.00000225. The molecular formula is C22H36N2O2S. The van der Waals surface area contributed by atoms with Gasteiger partial charge in [0.1, 0.15) is 0 Å². The molecule has 2 aliphatic carbocycles. The maximum Gasteiger partial charge on any atom is 0.209 e. The lowest BCUT2D eigenvalue weighted by atomic mass is 9.63. The van der Waals surface area contributed by atoms with Crippen LogP contribution in [0.3, 0.4) is 0 Å². The molecule has 1 aromatic rings. The minimum Gasteiger partial charge on any atom is -0.300 e. The smallest absolute Gasteiger partial charge is 0.209 e. The third-order valence-corrected chi connectivity index (χ3v) is 7.98. The van der Waals surface area contributed by atoms with Crippen LogP contribution in [0.5, 0.6) is 0 Å². The van der Waals surface area contributed by atoms with E-state index in [1.807, 2.05) is 0 Å². The van der Waals surface area contributed by atoms with Crippen molar-refractivity contribution in [2.45, 2.75) is 81.7 Å². The predicted octanol–water partition coefficient (Wildman–Crippen LogP) is 4.37. The van der Waals surface area contributed by atoms with E-state index in [1.54, 1.807) is 0 Å². The van der Waals surface area contributed by atoms with Crippen LogP contribution in [0.25, 0.3) is 0 Å². The van der Waals surface area contributed by atoms with Crippen LogP contribution in [0.2, 0.25) is 0 Å². The Morgan fingerprint density at radius 2 is 1.67 bits per heavy atom. The second-order valence-corrected chi connectivity index (χ2v) is 10.8. The van der Waals surface area contributed by atoms with E-state index in [0.29, 0.717) is 0 Å². The van der Waals surface area contributed by atoms with Crippen LogP contribution in [0.15, 0.2) is 24.3 Å². The van der Waals surface area contributed by atoms with Crippen LogP contribution in [-0.2, 0) is 15.4 Å². The second-order valence-electron chi connectivity index (χ2n) is 9.03. The van der Waals surface area contributed by atoms with Crippen LogP contribution in [0, 0.1) is 0 Å². The number of hydrogen-bond acceptors (Lipinski definition) is 3. The maximum atomic E-state index is 11.8. The Morgan fingerprint density at radius 3 is 2.33 bits per heavy atom. The van der Waals surface area contributed by atoms with Gasteiger partial charge in [-0.1, -0.05) is 49.9 Å². The molecule has 1 saturated heterocycles. The first-order valence-electron chi connectivity index (χ1n) is 10.8. The maximum absolute atomic E-state index is 11.8. The van der Waals surface area contributed by atoms with Gasteiger partial charge in [-0.15, -0.1) is 0 Å². The van der Waals surface area contributed by atoms with Crippen LogP contribution in [-0.4, -0.2) is 38.7 Å². The molecule has 0 unspecified atom stereocenters. The van der Waals surface area contributed by atoms with Gasteiger partial charge in [0, 0.05) is 13.5 Å². The van der Waals surface area contributed by atoms with Gasteiger partial charge in [-0.25, -0.2) is 13.1 Å². The van der Waals surface area contributed by atoms with Crippen LogP contribution in [0.4, 0.5) is 0 Å². The number of hydrogen-bond donors (Lipinski definition) is 1. The van der Waals surface area contributed by atoms with Crippen molar-refractivity contribution in [3.63, 3.8) is 0 Å². The lowest BCUT2D eigenvalue weighted by Gasteiger charge is -2.48. The summed E-state index contributed by atoms with van der Waals surface area (Å²) in [6.45, 7) is 2.40. The Bertz CT molecular complexity index is 752. The molecule has 152 valence electrons. The van der Waals surface area contributed by atoms with Gasteiger partial charge in [-0.3, -0.25) is 0 Å². The van der Waals surface area contributed by atoms with Gasteiger partial charge in [0.2, 0.25) is 10.0 Å². The third-order valence-electron chi connectivity index (χ3n) is 7.27. The highest BCUT2D eigenvalue weighted by atomic mass is 32.2. The largest absolute Gasteiger partial charge is 0.300 e. The van der Waals surface area contributed by atoms with E-state index in [1.165, 1.54) is 81.8 Å². The lowest BCUT2D eigenvalue weighted by Crippen LogP contribution is -2.49. The quantitative estimate of drug-likeness (QED) is 0.777. The third kappa shape index (κ3) is 4.25. The van der Waals surface area contributed by atoms with Crippen molar-refractivity contribution in [3.05, 3.63) is 35.4 Å². The van der Waals surface area contributed by atoms with Gasteiger partial charge >= 0.3 is 0 Å². The number of likely N-dealkylation sites (tertiary alicyclic amines) is 1. The molecule has 1 saturated carbocycles. The fourth-order valence-corrected chi connectivity index (χ4v) is 6.60. The first-order valence-corrected chi connectivity index (χ1v) is 12.7. The van der Waals surface area contributed by atoms with Crippen molar-refractivity contribution >= 4 is 10.0 Å². The first-order chi connectivity index (χ1) is 13.0. The van der Waals surface area contributed by atoms with E-state index in [0.717, 1.165) is 18.9 Å². The molecule has 27 heavy (non-hydrogen) atoms. The average Bonchev–Trinajstić information content (AvgIpc) is 2.94. The molecule has 0 bridgehead atoms. The van der Waals surface area contributed by atoms with E-state index < -0.39 is 10.0 Å². The van der Waals surface area contributed by atoms with Gasteiger partial charge in [0.15, 0.2) is 0 Å². The summed E-state index contributed by atoms with van der Waals surface area (Å²) < 4.78 is 26.5. The molecule has 0 radical (unpaired) electrons. The molecule has 3 aliphatic rings. The molecule has 4 nitrogen and oxygen atoms in total. The topological polar surface area (TPSA) is 49.4 Å². The molecular weight excluding hydrogens is 356 g/mol. The first kappa shape index (κ1) is 19.4. The number of sulfonamides is 1. The minimum absolute atomic E-state index is 0. The van der Waals surface area contributed by atoms with Crippen LogP contribution >= 0.6 is 0 Å². The Labute approximate surface area is 166 Å². The van der Waals surface area contributed by atoms with Gasteiger partial charge in [-0.2, -0.15) is 0 Å². The predicted molar refractivity (Wildman–Crippen MR) is 112 cm³/mol. The van der Waals surface area contributed by atoms with Gasteiger partial charge in [-0.05, 0) is 68.2 Å². The zero-order valence-electron chi connectivity index (χ0n) is 16.6. The highest BCUT2D eigenvalue weighted by Gasteiger charge is 2.43. The molecule has 1 heterocycles. The number of nitrogens with zero attached hydrogens (tertiary/aromatic N) is 1. The van der Waals surface area contributed by atoms with E-state index >= 15 is 0 Å². The molecule has 5 heteroatoms. The number of benzene rings is 1. The molecule has 1 aliphatic heterocycles. The average molecular weight is 393 g/mol. The summed E-state index contributed by atoms with van der Waals surface area (Å²) in [4.78, 5) is 2.76. The van der Waals surface area contributed by atoms with Crippen LogP contribution < -0.4 is 4.72 Å². The van der Waals surface area contributed by atoms with E-state index in [2.05, 4.69) is 33.9 Å². The number of rotatable bonds is 3. The van der Waals surface area contributed by atoms with E-state index in [9.17, 15) is 8.42 Å². The van der Waals surface area contributed by atoms with Crippen molar-refractivity contribution in [3.8, 4) is 0 Å². The molecule has 1 aromatic carbocycles. The Morgan fingerprint density at radius 1 is 1.00 bits per heavy atom. The van der Waals surface area contributed by atoms with Crippen molar-refractivity contribution in [1.29, 1.82) is 0 Å². The lowest BCUT2D eigenvalue weighted by molar-refractivity contribution is 0.0942. The van der Waals surface area contributed by atoms with Crippen molar-refractivity contribution < 1.29 is 9.84 Å². The SMILES string of the molecule is CS(=O)(=O)N[C@H]1CCC2(CCN(C3CCCCCC3)CC2)c2ccccc21.[HH]. The summed E-state index contributed by atoms with van der Waals surface area (Å²) in [5.74, 6) is 0. The van der Waals surface area contributed by atoms with Crippen molar-refractivity contribution in [2.24, 2.45) is 0 Å². The Hall–Kier alpha value is -0.910. The zero-order chi connectivity index (χ0) is 18.9. The molecule has 1 spiro atoms. The number of piperidine rings is 1. The second kappa shape index (κ2) is 7.84. The van der Waals surface area contributed by atoms with Crippen LogP contribution in [0.1, 0.15) is 82.8 Å². The molecule has 2 fully saturated rings. The molecule has 1 N–H and O–H groups in total. The summed E-state index contributed by atoms with van der Waals surface area (Å²) in [5.41, 5.74) is 2.85. The summed E-state index contributed by atoms with van der Waals surface area (Å²) >= 11 is 0. The normalized spacial score (nSPS) is 27.2. The zero-order valence-corrected chi connectivity index (χ0v) is 17.4. The fourth-order valence-electron chi connectivity index (χ4n) is 5.83. The monoisotopic (exact) mass is 392 g/mol. The highest BCUT2D eigenvalue weighted by molar-refractivity contribution is 7.88. The summed E-state index contributed by atoms with van der Waals surface area (Å²) in [7, 11) is -3.19. The van der Waals surface area contributed by atoms with Gasteiger partial charge in [0.25, 0.3) is 0 Å². The number of fused-ring (bicyclic) bond motifs is 2. The molecule has 4 rings (SSSR count). The highest BCUT2D eigenvalue weighted by Crippen LogP contribution is 2.48. The molecule has 0 amide bonds. The van der Waals surface area contributed by atoms with Crippen molar-refractivity contribution in [2.75, 3.05) is 19.3 Å². The van der Waals surface area contributed by atoms with Gasteiger partial charge < -0.3 is 4.90 Å². The fraction of sp³-hybridized carbons (Fsp3) is 0.727. The standard InChI is InChI=1S/C22H34N2O2S.H2/c1-27(25,26)23-21-12-13-22(20-11-7-6-10-19(20)21)14-16-24(17-15-22)18-8-4-2-3-5-9-18;/h6-7,10-11,18,21,23H,2-5,8-9,12-17H2,1H3;1H/t21-;/m0./s1. The minimum atomic E-state index is -3.19. The van der Waals surface area contributed by atoms with Crippen molar-refractivity contribution in [1.82, 2.24) is 9.62 Å². The van der Waals surface area contributed by atoms with E-state index in [4.69, 9.17) is 0 Å². The summed E-state index contributed by atoms with van der Waals surface area (Å²) in [6.07, 6.45) is 14.1. The van der Waals surface area contributed by atoms with Gasteiger partial charge in [0.05, 0.1) is 6.26 Å². The summed E-state index contributed by atoms with van der Waals surface area (Å²) in [5, 5.41) is 0. The number of nitrogens with one attached hydrogen (secondary N) is 1. The molecule has 1 atom stereocenters. The summed E-state index contributed by atoms with van der Waals surface area (Å²) in [6, 6.07) is 9.30. The molecule has 0 aromatic heterocycles.